The van der Waals surface area contributed by atoms with E-state index >= 15 is 0 Å². The minimum atomic E-state index is 0.158. The number of piperazine rings is 1. The molecule has 0 atom stereocenters. The van der Waals surface area contributed by atoms with Crippen LogP contribution in [0.25, 0.3) is 0 Å². The molecule has 1 heterocycles. The lowest BCUT2D eigenvalue weighted by atomic mass is 10.1. The maximum absolute atomic E-state index is 11.3. The van der Waals surface area contributed by atoms with Gasteiger partial charge in [0, 0.05) is 33.1 Å². The molecule has 4 heteroatoms. The molecule has 1 aromatic carbocycles. The van der Waals surface area contributed by atoms with Crippen molar-refractivity contribution in [3.63, 3.8) is 0 Å². The third-order valence-corrected chi connectivity index (χ3v) is 3.40. The van der Waals surface area contributed by atoms with Gasteiger partial charge in [0.05, 0.1) is 12.8 Å². The molecule has 4 nitrogen and oxygen atoms in total. The molecule has 2 rings (SSSR count). The van der Waals surface area contributed by atoms with Crippen LogP contribution in [0.2, 0.25) is 0 Å². The Hall–Kier alpha value is -1.71. The summed E-state index contributed by atoms with van der Waals surface area (Å²) in [6.45, 7) is 7.00. The van der Waals surface area contributed by atoms with E-state index in [4.69, 9.17) is 4.74 Å². The van der Waals surface area contributed by atoms with E-state index in [1.807, 2.05) is 17.0 Å². The highest BCUT2D eigenvalue weighted by Crippen LogP contribution is 2.29. The molecule has 0 spiro atoms. The molecule has 0 radical (unpaired) electrons. The smallest absolute Gasteiger partial charge is 0.219 e. The minimum absolute atomic E-state index is 0.158. The van der Waals surface area contributed by atoms with Gasteiger partial charge in [0.2, 0.25) is 5.91 Å². The van der Waals surface area contributed by atoms with E-state index in [-0.39, 0.29) is 5.91 Å². The van der Waals surface area contributed by atoms with Crippen molar-refractivity contribution in [1.29, 1.82) is 0 Å². The fourth-order valence-electron chi connectivity index (χ4n) is 2.31. The van der Waals surface area contributed by atoms with Crippen molar-refractivity contribution in [3.05, 3.63) is 23.8 Å². The van der Waals surface area contributed by atoms with E-state index < -0.39 is 0 Å². The molecule has 0 unspecified atom stereocenters. The van der Waals surface area contributed by atoms with Crippen LogP contribution < -0.4 is 9.64 Å². The van der Waals surface area contributed by atoms with Gasteiger partial charge in [-0.25, -0.2) is 0 Å². The Morgan fingerprint density at radius 2 is 1.89 bits per heavy atom. The number of carbonyl (C=O) groups is 1. The summed E-state index contributed by atoms with van der Waals surface area (Å²) in [6, 6.07) is 6.19. The molecule has 0 saturated carbocycles. The number of carbonyl (C=O) groups excluding carboxylic acids is 1. The predicted molar refractivity (Wildman–Crippen MR) is 72.2 cm³/mol. The fraction of sp³-hybridized carbons (Fsp3) is 0.500. The molecule has 1 aliphatic rings. The quantitative estimate of drug-likeness (QED) is 0.798. The number of methoxy groups -OCH3 is 1. The van der Waals surface area contributed by atoms with Gasteiger partial charge in [-0.2, -0.15) is 0 Å². The molecule has 0 N–H and O–H groups in total. The molecule has 0 aliphatic carbocycles. The standard InChI is InChI=1S/C14H20N2O2/c1-11-4-5-14(18-3)13(10-11)16-8-6-15(7-9-16)12(2)17/h4-5,10H,6-9H2,1-3H3. The zero-order valence-corrected chi connectivity index (χ0v) is 11.3. The molecule has 1 aliphatic heterocycles. The zero-order valence-electron chi connectivity index (χ0n) is 11.3. The Bertz CT molecular complexity index is 437. The van der Waals surface area contributed by atoms with Gasteiger partial charge >= 0.3 is 0 Å². The largest absolute Gasteiger partial charge is 0.495 e. The number of benzene rings is 1. The van der Waals surface area contributed by atoms with Gasteiger partial charge in [0.1, 0.15) is 5.75 Å². The van der Waals surface area contributed by atoms with Crippen molar-refractivity contribution in [2.45, 2.75) is 13.8 Å². The van der Waals surface area contributed by atoms with Crippen LogP contribution in [0.4, 0.5) is 5.69 Å². The second-order valence-electron chi connectivity index (χ2n) is 4.67. The molecule has 98 valence electrons. The Labute approximate surface area is 108 Å². The molecule has 0 bridgehead atoms. The molecule has 1 aromatic rings. The molecule has 1 amide bonds. The van der Waals surface area contributed by atoms with E-state index in [0.29, 0.717) is 0 Å². The van der Waals surface area contributed by atoms with Crippen LogP contribution in [-0.4, -0.2) is 44.1 Å². The Morgan fingerprint density at radius 1 is 1.22 bits per heavy atom. The topological polar surface area (TPSA) is 32.8 Å². The number of ether oxygens (including phenoxy) is 1. The van der Waals surface area contributed by atoms with Crippen LogP contribution >= 0.6 is 0 Å². The summed E-state index contributed by atoms with van der Waals surface area (Å²) in [7, 11) is 1.69. The predicted octanol–water partition coefficient (Wildman–Crippen LogP) is 1.67. The molecule has 1 saturated heterocycles. The van der Waals surface area contributed by atoms with Gasteiger partial charge in [-0.1, -0.05) is 6.07 Å². The van der Waals surface area contributed by atoms with Crippen molar-refractivity contribution in [1.82, 2.24) is 4.90 Å². The van der Waals surface area contributed by atoms with Gasteiger partial charge in [-0.05, 0) is 24.6 Å². The van der Waals surface area contributed by atoms with Gasteiger partial charge in [0.15, 0.2) is 0 Å². The first-order valence-corrected chi connectivity index (χ1v) is 6.27. The minimum Gasteiger partial charge on any atom is -0.495 e. The summed E-state index contributed by atoms with van der Waals surface area (Å²) >= 11 is 0. The number of aryl methyl sites for hydroxylation is 1. The van der Waals surface area contributed by atoms with Crippen molar-refractivity contribution in [3.8, 4) is 5.75 Å². The lowest BCUT2D eigenvalue weighted by Gasteiger charge is -2.36. The molecule has 18 heavy (non-hydrogen) atoms. The van der Waals surface area contributed by atoms with Crippen molar-refractivity contribution in [2.24, 2.45) is 0 Å². The first-order chi connectivity index (χ1) is 8.61. The van der Waals surface area contributed by atoms with Crippen molar-refractivity contribution in [2.75, 3.05) is 38.2 Å². The Kier molecular flexibility index (Phi) is 3.75. The summed E-state index contributed by atoms with van der Waals surface area (Å²) in [5, 5.41) is 0. The molecular weight excluding hydrogens is 228 g/mol. The fourth-order valence-corrected chi connectivity index (χ4v) is 2.31. The maximum atomic E-state index is 11.3. The first kappa shape index (κ1) is 12.7. The van der Waals surface area contributed by atoms with E-state index in [0.717, 1.165) is 37.6 Å². The van der Waals surface area contributed by atoms with Crippen LogP contribution in [0.5, 0.6) is 5.75 Å². The summed E-state index contributed by atoms with van der Waals surface area (Å²) in [5.41, 5.74) is 2.35. The van der Waals surface area contributed by atoms with Crippen LogP contribution in [-0.2, 0) is 4.79 Å². The Morgan fingerprint density at radius 3 is 2.44 bits per heavy atom. The average Bonchev–Trinajstić information content (AvgIpc) is 2.39. The number of hydrogen-bond acceptors (Lipinski definition) is 3. The number of nitrogens with zero attached hydrogens (tertiary/aromatic N) is 2. The second kappa shape index (κ2) is 5.29. The Balaban J connectivity index is 2.14. The molecule has 0 aromatic heterocycles. The maximum Gasteiger partial charge on any atom is 0.219 e. The number of rotatable bonds is 2. The van der Waals surface area contributed by atoms with Crippen LogP contribution in [0.3, 0.4) is 0 Å². The third-order valence-electron chi connectivity index (χ3n) is 3.40. The lowest BCUT2D eigenvalue weighted by Crippen LogP contribution is -2.48. The van der Waals surface area contributed by atoms with Gasteiger partial charge in [-0.15, -0.1) is 0 Å². The SMILES string of the molecule is COc1ccc(C)cc1N1CCN(C(C)=O)CC1. The normalized spacial score (nSPS) is 15.7. The molecular formula is C14H20N2O2. The van der Waals surface area contributed by atoms with E-state index in [1.54, 1.807) is 14.0 Å². The van der Waals surface area contributed by atoms with Crippen LogP contribution in [0.15, 0.2) is 18.2 Å². The van der Waals surface area contributed by atoms with E-state index in [2.05, 4.69) is 17.9 Å². The van der Waals surface area contributed by atoms with Crippen LogP contribution in [0.1, 0.15) is 12.5 Å². The van der Waals surface area contributed by atoms with Crippen LogP contribution in [0, 0.1) is 6.92 Å². The number of amides is 1. The average molecular weight is 248 g/mol. The summed E-state index contributed by atoms with van der Waals surface area (Å²) in [4.78, 5) is 15.5. The number of hydrogen-bond donors (Lipinski definition) is 0. The highest BCUT2D eigenvalue weighted by Gasteiger charge is 2.20. The van der Waals surface area contributed by atoms with Gasteiger partial charge in [0.25, 0.3) is 0 Å². The van der Waals surface area contributed by atoms with E-state index in [9.17, 15) is 4.79 Å². The van der Waals surface area contributed by atoms with Gasteiger partial charge in [-0.3, -0.25) is 4.79 Å². The monoisotopic (exact) mass is 248 g/mol. The third kappa shape index (κ3) is 2.58. The zero-order chi connectivity index (χ0) is 13.1. The van der Waals surface area contributed by atoms with Crippen molar-refractivity contribution < 1.29 is 9.53 Å². The van der Waals surface area contributed by atoms with E-state index in [1.165, 1.54) is 5.56 Å². The second-order valence-corrected chi connectivity index (χ2v) is 4.67. The summed E-state index contributed by atoms with van der Waals surface area (Å²) in [6.07, 6.45) is 0. The summed E-state index contributed by atoms with van der Waals surface area (Å²) in [5.74, 6) is 1.06. The number of anilines is 1. The van der Waals surface area contributed by atoms with Gasteiger partial charge < -0.3 is 14.5 Å². The summed E-state index contributed by atoms with van der Waals surface area (Å²) < 4.78 is 5.41. The highest BCUT2D eigenvalue weighted by molar-refractivity contribution is 5.73. The molecule has 1 fully saturated rings. The van der Waals surface area contributed by atoms with Crippen molar-refractivity contribution >= 4 is 11.6 Å². The lowest BCUT2D eigenvalue weighted by molar-refractivity contribution is -0.129. The highest BCUT2D eigenvalue weighted by atomic mass is 16.5. The first-order valence-electron chi connectivity index (χ1n) is 6.27.